The van der Waals surface area contributed by atoms with Gasteiger partial charge in [-0.15, -0.1) is 10.2 Å². The van der Waals surface area contributed by atoms with Gasteiger partial charge >= 0.3 is 6.03 Å². The third kappa shape index (κ3) is 5.24. The molecular weight excluding hydrogens is 296 g/mol. The summed E-state index contributed by atoms with van der Waals surface area (Å²) in [7, 11) is 1.82. The van der Waals surface area contributed by atoms with Crippen LogP contribution in [0.5, 0.6) is 5.88 Å². The third-order valence-corrected chi connectivity index (χ3v) is 3.24. The van der Waals surface area contributed by atoms with E-state index in [1.54, 1.807) is 17.1 Å². The lowest BCUT2D eigenvalue weighted by atomic mass is 10.2. The molecule has 0 fully saturated rings. The van der Waals surface area contributed by atoms with Crippen molar-refractivity contribution in [1.29, 1.82) is 0 Å². The standard InChI is InChI=1S/C15H22N6O2/c1-3-4-8-23-14-12(6-5-7-16-14)9-17-15(22)18-10-13-20-19-11-21(13)2/h5-7,11H,3-4,8-10H2,1-2H3,(H2,17,18,22). The fraction of sp³-hybridized carbons (Fsp3) is 0.467. The molecule has 0 atom stereocenters. The number of aryl methyl sites for hydroxylation is 1. The lowest BCUT2D eigenvalue weighted by Gasteiger charge is -2.11. The molecule has 0 spiro atoms. The van der Waals surface area contributed by atoms with Crippen LogP contribution in [0.1, 0.15) is 31.2 Å². The second kappa shape index (κ2) is 8.72. The Bertz CT molecular complexity index is 628. The molecule has 0 aliphatic rings. The molecule has 124 valence electrons. The summed E-state index contributed by atoms with van der Waals surface area (Å²) in [6.45, 7) is 3.39. The summed E-state index contributed by atoms with van der Waals surface area (Å²) in [6.07, 6.45) is 5.30. The first-order valence-corrected chi connectivity index (χ1v) is 7.62. The molecule has 8 heteroatoms. The van der Waals surface area contributed by atoms with E-state index in [4.69, 9.17) is 4.74 Å². The van der Waals surface area contributed by atoms with Gasteiger partial charge in [0.05, 0.1) is 13.2 Å². The lowest BCUT2D eigenvalue weighted by Crippen LogP contribution is -2.35. The van der Waals surface area contributed by atoms with Crippen LogP contribution in [0.2, 0.25) is 0 Å². The van der Waals surface area contributed by atoms with Gasteiger partial charge in [0, 0.05) is 25.4 Å². The molecule has 0 bridgehead atoms. The van der Waals surface area contributed by atoms with Crippen LogP contribution >= 0.6 is 0 Å². The predicted molar refractivity (Wildman–Crippen MR) is 84.7 cm³/mol. The Kier molecular flexibility index (Phi) is 6.34. The highest BCUT2D eigenvalue weighted by Gasteiger charge is 2.08. The van der Waals surface area contributed by atoms with E-state index < -0.39 is 0 Å². The zero-order chi connectivity index (χ0) is 16.5. The number of carbonyl (C=O) groups is 1. The number of rotatable bonds is 8. The number of carbonyl (C=O) groups excluding carboxylic acids is 1. The van der Waals surface area contributed by atoms with Crippen molar-refractivity contribution in [2.24, 2.45) is 7.05 Å². The van der Waals surface area contributed by atoms with Gasteiger partial charge in [0.25, 0.3) is 0 Å². The number of hydrogen-bond acceptors (Lipinski definition) is 5. The van der Waals surface area contributed by atoms with E-state index in [9.17, 15) is 4.79 Å². The summed E-state index contributed by atoms with van der Waals surface area (Å²) in [5, 5.41) is 13.2. The normalized spacial score (nSPS) is 10.3. The number of nitrogens with one attached hydrogen (secondary N) is 2. The Morgan fingerprint density at radius 3 is 2.91 bits per heavy atom. The van der Waals surface area contributed by atoms with Crippen LogP contribution < -0.4 is 15.4 Å². The molecule has 2 rings (SSSR count). The fourth-order valence-corrected chi connectivity index (χ4v) is 1.87. The van der Waals surface area contributed by atoms with E-state index in [0.717, 1.165) is 18.4 Å². The van der Waals surface area contributed by atoms with Crippen molar-refractivity contribution < 1.29 is 9.53 Å². The molecule has 2 amide bonds. The van der Waals surface area contributed by atoms with Crippen molar-refractivity contribution >= 4 is 6.03 Å². The van der Waals surface area contributed by atoms with Gasteiger partial charge in [-0.05, 0) is 12.5 Å². The molecule has 0 aromatic carbocycles. The van der Waals surface area contributed by atoms with Crippen molar-refractivity contribution in [3.63, 3.8) is 0 Å². The van der Waals surface area contributed by atoms with Crippen molar-refractivity contribution in [3.05, 3.63) is 36.0 Å². The Balaban J connectivity index is 1.80. The van der Waals surface area contributed by atoms with Gasteiger partial charge in [0.1, 0.15) is 6.33 Å². The quantitative estimate of drug-likeness (QED) is 0.717. The van der Waals surface area contributed by atoms with E-state index >= 15 is 0 Å². The topological polar surface area (TPSA) is 94.0 Å². The van der Waals surface area contributed by atoms with Gasteiger partial charge in [-0.1, -0.05) is 19.4 Å². The van der Waals surface area contributed by atoms with E-state index in [1.807, 2.05) is 19.2 Å². The number of aromatic nitrogens is 4. The van der Waals surface area contributed by atoms with Crippen LogP contribution in [0.3, 0.4) is 0 Å². The van der Waals surface area contributed by atoms with Crippen molar-refractivity contribution in [2.75, 3.05) is 6.61 Å². The van der Waals surface area contributed by atoms with Crippen molar-refractivity contribution in [2.45, 2.75) is 32.9 Å². The Hall–Kier alpha value is -2.64. The second-order valence-electron chi connectivity index (χ2n) is 5.06. The van der Waals surface area contributed by atoms with E-state index in [-0.39, 0.29) is 6.03 Å². The third-order valence-electron chi connectivity index (χ3n) is 3.24. The maximum absolute atomic E-state index is 11.9. The first kappa shape index (κ1) is 16.7. The minimum Gasteiger partial charge on any atom is -0.477 e. The first-order valence-electron chi connectivity index (χ1n) is 7.62. The summed E-state index contributed by atoms with van der Waals surface area (Å²) in [4.78, 5) is 16.1. The fourth-order valence-electron chi connectivity index (χ4n) is 1.87. The number of urea groups is 1. The molecule has 0 aliphatic heterocycles. The van der Waals surface area contributed by atoms with E-state index in [0.29, 0.717) is 31.4 Å². The van der Waals surface area contributed by atoms with Gasteiger partial charge in [0.15, 0.2) is 5.82 Å². The van der Waals surface area contributed by atoms with Gasteiger partial charge in [-0.25, -0.2) is 9.78 Å². The molecule has 0 aliphatic carbocycles. The smallest absolute Gasteiger partial charge is 0.315 e. The monoisotopic (exact) mass is 318 g/mol. The molecule has 8 nitrogen and oxygen atoms in total. The van der Waals surface area contributed by atoms with Crippen molar-refractivity contribution in [3.8, 4) is 5.88 Å². The molecule has 2 heterocycles. The van der Waals surface area contributed by atoms with Crippen LogP contribution in [0, 0.1) is 0 Å². The summed E-state index contributed by atoms with van der Waals surface area (Å²) in [5.41, 5.74) is 0.845. The molecule has 2 aromatic rings. The van der Waals surface area contributed by atoms with Crippen LogP contribution in [0.4, 0.5) is 4.79 Å². The lowest BCUT2D eigenvalue weighted by molar-refractivity contribution is 0.239. The largest absolute Gasteiger partial charge is 0.477 e. The Morgan fingerprint density at radius 1 is 1.35 bits per heavy atom. The van der Waals surface area contributed by atoms with Gasteiger partial charge in [-0.3, -0.25) is 0 Å². The Morgan fingerprint density at radius 2 is 2.17 bits per heavy atom. The predicted octanol–water partition coefficient (Wildman–Crippen LogP) is 1.39. The Labute approximate surface area is 135 Å². The van der Waals surface area contributed by atoms with Crippen LogP contribution in [0.25, 0.3) is 0 Å². The maximum Gasteiger partial charge on any atom is 0.315 e. The van der Waals surface area contributed by atoms with Crippen molar-refractivity contribution in [1.82, 2.24) is 30.4 Å². The van der Waals surface area contributed by atoms with Gasteiger partial charge in [0.2, 0.25) is 5.88 Å². The highest BCUT2D eigenvalue weighted by Crippen LogP contribution is 2.14. The molecular formula is C15H22N6O2. The number of unbranched alkanes of at least 4 members (excludes halogenated alkanes) is 1. The zero-order valence-corrected chi connectivity index (χ0v) is 13.5. The average Bonchev–Trinajstić information content (AvgIpc) is 2.97. The number of hydrogen-bond donors (Lipinski definition) is 2. The molecule has 0 saturated heterocycles. The number of nitrogens with zero attached hydrogens (tertiary/aromatic N) is 4. The van der Waals surface area contributed by atoms with E-state index in [2.05, 4.69) is 32.7 Å². The summed E-state index contributed by atoms with van der Waals surface area (Å²) >= 11 is 0. The van der Waals surface area contributed by atoms with Gasteiger partial charge < -0.3 is 19.9 Å². The number of ether oxygens (including phenoxy) is 1. The SMILES string of the molecule is CCCCOc1ncccc1CNC(=O)NCc1nncn1C. The molecule has 0 radical (unpaired) electrons. The van der Waals surface area contributed by atoms with Gasteiger partial charge in [-0.2, -0.15) is 0 Å². The molecule has 2 N–H and O–H groups in total. The zero-order valence-electron chi connectivity index (χ0n) is 13.5. The van der Waals surface area contributed by atoms with Crippen LogP contribution in [-0.4, -0.2) is 32.4 Å². The first-order chi connectivity index (χ1) is 11.2. The van der Waals surface area contributed by atoms with E-state index in [1.165, 1.54) is 0 Å². The minimum absolute atomic E-state index is 0.281. The highest BCUT2D eigenvalue weighted by atomic mass is 16.5. The molecule has 2 aromatic heterocycles. The van der Waals surface area contributed by atoms with Crippen LogP contribution in [0.15, 0.2) is 24.7 Å². The maximum atomic E-state index is 11.9. The minimum atomic E-state index is -0.281. The van der Waals surface area contributed by atoms with Crippen LogP contribution in [-0.2, 0) is 20.1 Å². The average molecular weight is 318 g/mol. The molecule has 0 unspecified atom stereocenters. The molecule has 0 saturated carbocycles. The highest BCUT2D eigenvalue weighted by molar-refractivity contribution is 5.73. The summed E-state index contributed by atoms with van der Waals surface area (Å²) in [5.74, 6) is 1.25. The summed E-state index contributed by atoms with van der Waals surface area (Å²) < 4.78 is 7.39. The second-order valence-corrected chi connectivity index (χ2v) is 5.06. The summed E-state index contributed by atoms with van der Waals surface area (Å²) in [6, 6.07) is 3.43. The number of pyridine rings is 1. The number of amides is 2. The molecule has 23 heavy (non-hydrogen) atoms.